The molecule has 0 aliphatic rings. The number of carbonyl (C=O) groups is 2. The van der Waals surface area contributed by atoms with Crippen molar-refractivity contribution in [3.05, 3.63) is 120 Å². The number of rotatable bonds is 7. The lowest BCUT2D eigenvalue weighted by atomic mass is 10.00. The second kappa shape index (κ2) is 10.4. The summed E-state index contributed by atoms with van der Waals surface area (Å²) >= 11 is 0. The van der Waals surface area contributed by atoms with Crippen molar-refractivity contribution in [1.29, 1.82) is 0 Å². The summed E-state index contributed by atoms with van der Waals surface area (Å²) in [5.74, 6) is -0.790. The molecule has 1 N–H and O–H groups in total. The van der Waals surface area contributed by atoms with E-state index in [-0.39, 0.29) is 5.91 Å². The van der Waals surface area contributed by atoms with Crippen molar-refractivity contribution >= 4 is 11.9 Å². The normalized spacial score (nSPS) is 11.4. The summed E-state index contributed by atoms with van der Waals surface area (Å²) in [4.78, 5) is 25.2. The molecule has 4 rings (SSSR count). The highest BCUT2D eigenvalue weighted by Gasteiger charge is 2.22. The predicted octanol–water partition coefficient (Wildman–Crippen LogP) is 5.53. The number of ether oxygens (including phenoxy) is 1. The highest BCUT2D eigenvalue weighted by atomic mass is 16.5. The van der Waals surface area contributed by atoms with Gasteiger partial charge in [-0.25, -0.2) is 4.79 Å². The van der Waals surface area contributed by atoms with Gasteiger partial charge in [0.1, 0.15) is 6.04 Å². The Labute approximate surface area is 193 Å². The third-order valence-electron chi connectivity index (χ3n) is 5.55. The molecule has 4 aromatic rings. The van der Waals surface area contributed by atoms with E-state index in [1.807, 2.05) is 84.9 Å². The maximum atomic E-state index is 12.8. The van der Waals surface area contributed by atoms with Crippen LogP contribution in [0.5, 0.6) is 0 Å². The van der Waals surface area contributed by atoms with Gasteiger partial charge in [0, 0.05) is 12.0 Å². The number of methoxy groups -OCH3 is 1. The zero-order valence-corrected chi connectivity index (χ0v) is 18.4. The molecule has 0 unspecified atom stereocenters. The first-order chi connectivity index (χ1) is 16.1. The first-order valence-electron chi connectivity index (χ1n) is 10.8. The van der Waals surface area contributed by atoms with Gasteiger partial charge in [0.2, 0.25) is 0 Å². The second-order valence-corrected chi connectivity index (χ2v) is 7.76. The van der Waals surface area contributed by atoms with Crippen LogP contribution in [0, 0.1) is 0 Å². The summed E-state index contributed by atoms with van der Waals surface area (Å²) in [7, 11) is 1.33. The van der Waals surface area contributed by atoms with Crippen LogP contribution >= 0.6 is 0 Å². The molecular weight excluding hydrogens is 410 g/mol. The van der Waals surface area contributed by atoms with Crippen LogP contribution in [0.1, 0.15) is 15.9 Å². The van der Waals surface area contributed by atoms with Crippen LogP contribution in [0.3, 0.4) is 0 Å². The van der Waals surface area contributed by atoms with Crippen LogP contribution in [-0.2, 0) is 16.0 Å². The number of nitrogens with one attached hydrogen (secondary N) is 1. The van der Waals surface area contributed by atoms with Crippen LogP contribution in [-0.4, -0.2) is 25.0 Å². The van der Waals surface area contributed by atoms with E-state index in [2.05, 4.69) is 17.4 Å². The molecule has 164 valence electrons. The maximum Gasteiger partial charge on any atom is 0.328 e. The van der Waals surface area contributed by atoms with Gasteiger partial charge in [-0.3, -0.25) is 4.79 Å². The zero-order valence-electron chi connectivity index (χ0n) is 18.4. The molecule has 0 bridgehead atoms. The number of hydrogen-bond acceptors (Lipinski definition) is 3. The lowest BCUT2D eigenvalue weighted by Gasteiger charge is -2.17. The highest BCUT2D eigenvalue weighted by molar-refractivity contribution is 5.97. The van der Waals surface area contributed by atoms with Crippen molar-refractivity contribution in [3.63, 3.8) is 0 Å². The third-order valence-corrected chi connectivity index (χ3v) is 5.55. The largest absolute Gasteiger partial charge is 0.467 e. The van der Waals surface area contributed by atoms with Gasteiger partial charge in [-0.1, -0.05) is 97.1 Å². The highest BCUT2D eigenvalue weighted by Crippen LogP contribution is 2.21. The van der Waals surface area contributed by atoms with Gasteiger partial charge in [0.25, 0.3) is 5.91 Å². The van der Waals surface area contributed by atoms with E-state index in [1.165, 1.54) is 7.11 Å². The fourth-order valence-corrected chi connectivity index (χ4v) is 3.72. The molecule has 1 atom stereocenters. The predicted molar refractivity (Wildman–Crippen MR) is 131 cm³/mol. The molecule has 0 radical (unpaired) electrons. The lowest BCUT2D eigenvalue weighted by Crippen LogP contribution is -2.43. The molecule has 4 nitrogen and oxygen atoms in total. The number of carbonyl (C=O) groups excluding carboxylic acids is 2. The van der Waals surface area contributed by atoms with E-state index in [0.29, 0.717) is 12.0 Å². The van der Waals surface area contributed by atoms with Gasteiger partial charge in [-0.05, 0) is 39.9 Å². The van der Waals surface area contributed by atoms with Crippen LogP contribution in [0.2, 0.25) is 0 Å². The molecule has 4 aromatic carbocycles. The standard InChI is InChI=1S/C29H25NO3/c1-33-29(32)27(20-21-12-14-24(15-13-21)22-8-4-2-5-9-22)30-28(31)26-18-16-25(17-19-26)23-10-6-3-7-11-23/h2-19,27H,20H2,1H3,(H,30,31)/t27-/m1/s1. The van der Waals surface area contributed by atoms with Crippen LogP contribution in [0.4, 0.5) is 0 Å². The number of esters is 1. The fraction of sp³-hybridized carbons (Fsp3) is 0.103. The molecule has 1 amide bonds. The van der Waals surface area contributed by atoms with Crippen molar-refractivity contribution in [1.82, 2.24) is 5.32 Å². The van der Waals surface area contributed by atoms with Crippen molar-refractivity contribution < 1.29 is 14.3 Å². The Bertz CT molecular complexity index is 1200. The summed E-state index contributed by atoms with van der Waals surface area (Å²) in [6, 6.07) is 34.6. The molecule has 4 heteroatoms. The van der Waals surface area contributed by atoms with E-state index in [1.54, 1.807) is 12.1 Å². The first kappa shape index (κ1) is 22.0. The summed E-state index contributed by atoms with van der Waals surface area (Å²) in [6.07, 6.45) is 0.343. The van der Waals surface area contributed by atoms with E-state index in [0.717, 1.165) is 27.8 Å². The van der Waals surface area contributed by atoms with Gasteiger partial charge in [-0.2, -0.15) is 0 Å². The maximum absolute atomic E-state index is 12.8. The molecule has 0 aromatic heterocycles. The molecule has 0 fully saturated rings. The van der Waals surface area contributed by atoms with E-state index >= 15 is 0 Å². The molecule has 0 aliphatic heterocycles. The molecular formula is C29H25NO3. The Morgan fingerprint density at radius 2 is 1.12 bits per heavy atom. The monoisotopic (exact) mass is 435 g/mol. The van der Waals surface area contributed by atoms with Crippen LogP contribution in [0.15, 0.2) is 109 Å². The summed E-state index contributed by atoms with van der Waals surface area (Å²) < 4.78 is 4.94. The molecule has 0 heterocycles. The summed E-state index contributed by atoms with van der Waals surface area (Å²) in [5, 5.41) is 2.82. The van der Waals surface area contributed by atoms with E-state index in [9.17, 15) is 9.59 Å². The third kappa shape index (κ3) is 5.55. The Kier molecular flexibility index (Phi) is 6.96. The minimum Gasteiger partial charge on any atom is -0.467 e. The zero-order chi connectivity index (χ0) is 23.0. The topological polar surface area (TPSA) is 55.4 Å². The van der Waals surface area contributed by atoms with Crippen molar-refractivity contribution in [2.75, 3.05) is 7.11 Å². The first-order valence-corrected chi connectivity index (χ1v) is 10.8. The van der Waals surface area contributed by atoms with Crippen molar-refractivity contribution in [2.45, 2.75) is 12.5 Å². The van der Waals surface area contributed by atoms with Gasteiger partial charge < -0.3 is 10.1 Å². The Hall–Kier alpha value is -4.18. The smallest absolute Gasteiger partial charge is 0.328 e. The lowest BCUT2D eigenvalue weighted by molar-refractivity contribution is -0.142. The van der Waals surface area contributed by atoms with Crippen LogP contribution < -0.4 is 5.32 Å². The van der Waals surface area contributed by atoms with E-state index in [4.69, 9.17) is 4.74 Å². The van der Waals surface area contributed by atoms with E-state index < -0.39 is 12.0 Å². The molecule has 33 heavy (non-hydrogen) atoms. The van der Waals surface area contributed by atoms with Gasteiger partial charge in [-0.15, -0.1) is 0 Å². The Morgan fingerprint density at radius 1 is 0.667 bits per heavy atom. The number of amides is 1. The summed E-state index contributed by atoms with van der Waals surface area (Å²) in [5.41, 5.74) is 5.75. The van der Waals surface area contributed by atoms with Gasteiger partial charge >= 0.3 is 5.97 Å². The Balaban J connectivity index is 1.45. The average molecular weight is 436 g/mol. The second-order valence-electron chi connectivity index (χ2n) is 7.76. The number of benzene rings is 4. The average Bonchev–Trinajstić information content (AvgIpc) is 2.89. The molecule has 0 spiro atoms. The van der Waals surface area contributed by atoms with Crippen LogP contribution in [0.25, 0.3) is 22.3 Å². The molecule has 0 saturated heterocycles. The van der Waals surface area contributed by atoms with Crippen molar-refractivity contribution in [3.8, 4) is 22.3 Å². The quantitative estimate of drug-likeness (QED) is 0.388. The van der Waals surface area contributed by atoms with Gasteiger partial charge in [0.15, 0.2) is 0 Å². The fourth-order valence-electron chi connectivity index (χ4n) is 3.72. The van der Waals surface area contributed by atoms with Crippen molar-refractivity contribution in [2.24, 2.45) is 0 Å². The number of hydrogen-bond donors (Lipinski definition) is 1. The minimum absolute atomic E-state index is 0.314. The van der Waals surface area contributed by atoms with Gasteiger partial charge in [0.05, 0.1) is 7.11 Å². The molecule has 0 aliphatic carbocycles. The Morgan fingerprint density at radius 3 is 1.61 bits per heavy atom. The minimum atomic E-state index is -0.779. The summed E-state index contributed by atoms with van der Waals surface area (Å²) in [6.45, 7) is 0. The SMILES string of the molecule is COC(=O)[C@@H](Cc1ccc(-c2ccccc2)cc1)NC(=O)c1ccc(-c2ccccc2)cc1. The molecule has 0 saturated carbocycles.